The largest absolute Gasteiger partial charge is 0.360 e. The minimum Gasteiger partial charge on any atom is -0.360 e. The summed E-state index contributed by atoms with van der Waals surface area (Å²) >= 11 is 1.69. The molecule has 1 aliphatic carbocycles. The zero-order chi connectivity index (χ0) is 20.2. The number of amides is 2. The number of carbonyl (C=O) groups is 2. The molecule has 156 valence electrons. The molecule has 1 aliphatic heterocycles. The molecule has 0 atom stereocenters. The van der Waals surface area contributed by atoms with E-state index < -0.39 is 0 Å². The van der Waals surface area contributed by atoms with Gasteiger partial charge in [-0.25, -0.2) is 0 Å². The predicted molar refractivity (Wildman–Crippen MR) is 112 cm³/mol. The molecule has 29 heavy (non-hydrogen) atoms. The summed E-state index contributed by atoms with van der Waals surface area (Å²) in [6.45, 7) is 4.77. The quantitative estimate of drug-likeness (QED) is 0.829. The molecule has 1 saturated heterocycles. The molecule has 3 heterocycles. The average molecular weight is 417 g/mol. The number of nitrogens with one attached hydrogen (secondary N) is 1. The summed E-state index contributed by atoms with van der Waals surface area (Å²) in [5.74, 6) is 1.13. The van der Waals surface area contributed by atoms with Crippen molar-refractivity contribution in [3.63, 3.8) is 0 Å². The van der Waals surface area contributed by atoms with E-state index in [1.807, 2.05) is 4.90 Å². The topological polar surface area (TPSA) is 78.7 Å². The van der Waals surface area contributed by atoms with Crippen molar-refractivity contribution in [3.8, 4) is 0 Å². The molecule has 0 spiro atoms. The lowest BCUT2D eigenvalue weighted by molar-refractivity contribution is -0.117. The van der Waals surface area contributed by atoms with E-state index in [-0.39, 0.29) is 11.8 Å². The fourth-order valence-corrected chi connectivity index (χ4v) is 5.25. The van der Waals surface area contributed by atoms with Crippen molar-refractivity contribution < 1.29 is 14.1 Å². The van der Waals surface area contributed by atoms with E-state index >= 15 is 0 Å². The lowest BCUT2D eigenvalue weighted by Gasteiger charge is -2.34. The zero-order valence-electron chi connectivity index (χ0n) is 16.9. The molecule has 2 aromatic rings. The van der Waals surface area contributed by atoms with Crippen molar-refractivity contribution in [1.82, 2.24) is 15.0 Å². The number of aryl methyl sites for hydroxylation is 3. The van der Waals surface area contributed by atoms with E-state index in [0.717, 1.165) is 17.7 Å². The molecule has 7 nitrogen and oxygen atoms in total. The maximum Gasteiger partial charge on any atom is 0.264 e. The predicted octanol–water partition coefficient (Wildman–Crippen LogP) is 3.10. The van der Waals surface area contributed by atoms with Crippen molar-refractivity contribution in [1.29, 1.82) is 0 Å². The number of nitrogens with zero attached hydrogens (tertiary/aromatic N) is 3. The van der Waals surface area contributed by atoms with Gasteiger partial charge >= 0.3 is 0 Å². The van der Waals surface area contributed by atoms with Crippen LogP contribution >= 0.6 is 11.3 Å². The Hall–Kier alpha value is -2.19. The number of anilines is 1. The summed E-state index contributed by atoms with van der Waals surface area (Å²) in [5, 5.41) is 6.52. The third-order valence-corrected chi connectivity index (χ3v) is 6.85. The van der Waals surface area contributed by atoms with Crippen molar-refractivity contribution in [2.45, 2.75) is 45.4 Å². The Morgan fingerprint density at radius 3 is 2.59 bits per heavy atom. The number of rotatable bonds is 4. The Morgan fingerprint density at radius 1 is 1.10 bits per heavy atom. The average Bonchev–Trinajstić information content (AvgIpc) is 3.27. The monoisotopic (exact) mass is 416 g/mol. The van der Waals surface area contributed by atoms with Crippen LogP contribution in [0.3, 0.4) is 0 Å². The Bertz CT molecular complexity index is 842. The SMILES string of the molecule is Cc1cc(NC(=O)CN2CCN(C(=O)c3cc4c(s3)CCCCCC4)CC2)no1. The van der Waals surface area contributed by atoms with Gasteiger partial charge in [-0.05, 0) is 44.2 Å². The van der Waals surface area contributed by atoms with Gasteiger partial charge in [-0.2, -0.15) is 0 Å². The van der Waals surface area contributed by atoms with Gasteiger partial charge < -0.3 is 14.7 Å². The fraction of sp³-hybridized carbons (Fsp3) is 0.571. The van der Waals surface area contributed by atoms with Crippen LogP contribution in [0.1, 0.15) is 51.6 Å². The third-order valence-electron chi connectivity index (χ3n) is 5.63. The van der Waals surface area contributed by atoms with Gasteiger partial charge in [0, 0.05) is 37.1 Å². The number of hydrogen-bond acceptors (Lipinski definition) is 6. The Morgan fingerprint density at radius 2 is 1.86 bits per heavy atom. The molecule has 0 unspecified atom stereocenters. The third kappa shape index (κ3) is 5.05. The molecule has 2 aliphatic rings. The molecule has 1 N–H and O–H groups in total. The van der Waals surface area contributed by atoms with Crippen LogP contribution in [0.5, 0.6) is 0 Å². The van der Waals surface area contributed by atoms with Crippen LogP contribution in [0.25, 0.3) is 0 Å². The second kappa shape index (κ2) is 9.09. The van der Waals surface area contributed by atoms with E-state index in [0.29, 0.717) is 44.3 Å². The first-order chi connectivity index (χ1) is 14.1. The molecule has 2 aromatic heterocycles. The molecular formula is C21H28N4O3S. The van der Waals surface area contributed by atoms with E-state index in [1.54, 1.807) is 24.3 Å². The first-order valence-corrected chi connectivity index (χ1v) is 11.3. The molecule has 1 fully saturated rings. The fourth-order valence-electron chi connectivity index (χ4n) is 4.03. The maximum absolute atomic E-state index is 13.0. The highest BCUT2D eigenvalue weighted by atomic mass is 32.1. The van der Waals surface area contributed by atoms with Crippen LogP contribution in [0.2, 0.25) is 0 Å². The molecule has 0 aromatic carbocycles. The van der Waals surface area contributed by atoms with Crippen LogP contribution < -0.4 is 5.32 Å². The normalized spacial score (nSPS) is 18.0. The lowest BCUT2D eigenvalue weighted by atomic mass is 10.00. The highest BCUT2D eigenvalue weighted by molar-refractivity contribution is 7.14. The highest BCUT2D eigenvalue weighted by Crippen LogP contribution is 2.29. The van der Waals surface area contributed by atoms with Crippen molar-refractivity contribution in [2.75, 3.05) is 38.0 Å². The number of fused-ring (bicyclic) bond motifs is 1. The highest BCUT2D eigenvalue weighted by Gasteiger charge is 2.25. The van der Waals surface area contributed by atoms with Crippen molar-refractivity contribution in [3.05, 3.63) is 33.2 Å². The second-order valence-corrected chi connectivity index (χ2v) is 9.05. The van der Waals surface area contributed by atoms with Crippen LogP contribution in [0.15, 0.2) is 16.7 Å². The van der Waals surface area contributed by atoms with Crippen LogP contribution in [0, 0.1) is 6.92 Å². The van der Waals surface area contributed by atoms with E-state index in [2.05, 4.69) is 21.4 Å². The van der Waals surface area contributed by atoms with Gasteiger partial charge in [0.15, 0.2) is 5.82 Å². The van der Waals surface area contributed by atoms with Crippen LogP contribution in [-0.2, 0) is 17.6 Å². The smallest absolute Gasteiger partial charge is 0.264 e. The lowest BCUT2D eigenvalue weighted by Crippen LogP contribution is -2.50. The number of hydrogen-bond donors (Lipinski definition) is 1. The minimum absolute atomic E-state index is 0.115. The molecule has 0 radical (unpaired) electrons. The first-order valence-electron chi connectivity index (χ1n) is 10.4. The summed E-state index contributed by atoms with van der Waals surface area (Å²) < 4.78 is 4.96. The van der Waals surface area contributed by atoms with Gasteiger partial charge in [-0.1, -0.05) is 18.0 Å². The number of thiophene rings is 1. The standard InChI is InChI=1S/C21H28N4O3S/c1-15-12-19(23-28-15)22-20(26)14-24-8-10-25(11-9-24)21(27)18-13-16-6-4-2-3-5-7-17(16)29-18/h12-13H,2-11,14H2,1H3,(H,22,23,26). The van der Waals surface area contributed by atoms with Crippen molar-refractivity contribution in [2.24, 2.45) is 0 Å². The molecular weight excluding hydrogens is 388 g/mol. The molecule has 0 saturated carbocycles. The Labute approximate surface area is 175 Å². The number of piperazine rings is 1. The molecule has 8 heteroatoms. The van der Waals surface area contributed by atoms with E-state index in [4.69, 9.17) is 4.52 Å². The van der Waals surface area contributed by atoms with Gasteiger partial charge in [-0.15, -0.1) is 11.3 Å². The maximum atomic E-state index is 13.0. The van der Waals surface area contributed by atoms with E-state index in [9.17, 15) is 9.59 Å². The second-order valence-electron chi connectivity index (χ2n) is 7.91. The van der Waals surface area contributed by atoms with Gasteiger partial charge in [0.25, 0.3) is 5.91 Å². The minimum atomic E-state index is -0.115. The summed E-state index contributed by atoms with van der Waals surface area (Å²) in [6, 6.07) is 3.83. The van der Waals surface area contributed by atoms with Gasteiger partial charge in [0.05, 0.1) is 11.4 Å². The Balaban J connectivity index is 1.28. The summed E-state index contributed by atoms with van der Waals surface area (Å²) in [4.78, 5) is 31.4. The van der Waals surface area contributed by atoms with E-state index in [1.165, 1.54) is 36.1 Å². The van der Waals surface area contributed by atoms with Crippen molar-refractivity contribution >= 4 is 29.0 Å². The van der Waals surface area contributed by atoms with Crippen LogP contribution in [0.4, 0.5) is 5.82 Å². The zero-order valence-corrected chi connectivity index (χ0v) is 17.7. The van der Waals surface area contributed by atoms with Crippen LogP contribution in [-0.4, -0.2) is 59.5 Å². The molecule has 2 amide bonds. The summed E-state index contributed by atoms with van der Waals surface area (Å²) in [5.41, 5.74) is 1.39. The number of aromatic nitrogens is 1. The molecule has 0 bridgehead atoms. The summed E-state index contributed by atoms with van der Waals surface area (Å²) in [6.07, 6.45) is 7.27. The van der Waals surface area contributed by atoms with Gasteiger partial charge in [0.2, 0.25) is 5.91 Å². The Kier molecular flexibility index (Phi) is 6.30. The van der Waals surface area contributed by atoms with Gasteiger partial charge in [-0.3, -0.25) is 14.5 Å². The van der Waals surface area contributed by atoms with Gasteiger partial charge in [0.1, 0.15) is 5.76 Å². The number of carbonyl (C=O) groups excluding carboxylic acids is 2. The molecule has 4 rings (SSSR count). The summed E-state index contributed by atoms with van der Waals surface area (Å²) in [7, 11) is 0. The first kappa shape index (κ1) is 20.1.